The molecule has 0 N–H and O–H groups in total. The highest BCUT2D eigenvalue weighted by atomic mass is 19.2. The Bertz CT molecular complexity index is 860. The van der Waals surface area contributed by atoms with Crippen molar-refractivity contribution in [3.05, 3.63) is 65.2 Å². The summed E-state index contributed by atoms with van der Waals surface area (Å²) in [4.78, 5) is 24.9. The largest absolute Gasteiger partial charge is 0.481 e. The van der Waals surface area contributed by atoms with Gasteiger partial charge in [-0.2, -0.15) is 0 Å². The number of carbonyl (C=O) groups is 2. The van der Waals surface area contributed by atoms with Crippen LogP contribution < -0.4 is 4.74 Å². The molecular formula is C19H17F4NO4. The lowest BCUT2D eigenvalue weighted by Crippen LogP contribution is -2.36. The first-order valence-corrected chi connectivity index (χ1v) is 8.16. The number of carbonyl (C=O) groups excluding carboxylic acids is 2. The van der Waals surface area contributed by atoms with Crippen molar-refractivity contribution in [3.8, 4) is 5.75 Å². The van der Waals surface area contributed by atoms with Gasteiger partial charge >= 0.3 is 5.97 Å². The summed E-state index contributed by atoms with van der Waals surface area (Å²) in [6.45, 7) is -0.896. The van der Waals surface area contributed by atoms with Gasteiger partial charge in [-0.25, -0.2) is 17.6 Å². The number of esters is 1. The summed E-state index contributed by atoms with van der Waals surface area (Å²) in [5, 5.41) is 0. The number of nitrogens with zero attached hydrogens (tertiary/aromatic N) is 1. The molecule has 0 spiro atoms. The minimum absolute atomic E-state index is 0.0977. The van der Waals surface area contributed by atoms with E-state index in [0.717, 1.165) is 35.2 Å². The third kappa shape index (κ3) is 5.97. The normalized spacial score (nSPS) is 10.5. The van der Waals surface area contributed by atoms with Crippen LogP contribution in [0.25, 0.3) is 0 Å². The van der Waals surface area contributed by atoms with Crippen molar-refractivity contribution in [2.24, 2.45) is 0 Å². The zero-order chi connectivity index (χ0) is 20.7. The molecule has 28 heavy (non-hydrogen) atoms. The van der Waals surface area contributed by atoms with Crippen molar-refractivity contribution in [3.63, 3.8) is 0 Å². The number of rotatable bonds is 8. The highest BCUT2D eigenvalue weighted by Gasteiger charge is 2.18. The minimum Gasteiger partial charge on any atom is -0.481 e. The Hall–Kier alpha value is -3.10. The van der Waals surface area contributed by atoms with Crippen molar-refractivity contribution in [1.82, 2.24) is 4.90 Å². The number of hydrogen-bond donors (Lipinski definition) is 0. The highest BCUT2D eigenvalue weighted by molar-refractivity contribution is 5.78. The lowest BCUT2D eigenvalue weighted by atomic mass is 10.2. The fourth-order valence-electron chi connectivity index (χ4n) is 2.30. The van der Waals surface area contributed by atoms with Gasteiger partial charge in [-0.05, 0) is 29.8 Å². The number of methoxy groups -OCH3 is 1. The van der Waals surface area contributed by atoms with Crippen LogP contribution in [0.4, 0.5) is 17.6 Å². The molecule has 0 heterocycles. The predicted octanol–water partition coefficient (Wildman–Crippen LogP) is 3.21. The Balaban J connectivity index is 2.09. The van der Waals surface area contributed by atoms with Crippen LogP contribution in [-0.2, 0) is 20.9 Å². The van der Waals surface area contributed by atoms with Gasteiger partial charge in [0.2, 0.25) is 0 Å². The fraction of sp³-hybridized carbons (Fsp3) is 0.263. The second kappa shape index (κ2) is 9.72. The summed E-state index contributed by atoms with van der Waals surface area (Å²) in [5.41, 5.74) is 0.272. The van der Waals surface area contributed by atoms with Crippen LogP contribution in [0.15, 0.2) is 36.4 Å². The predicted molar refractivity (Wildman–Crippen MR) is 90.3 cm³/mol. The number of halogens is 4. The zero-order valence-corrected chi connectivity index (χ0v) is 14.9. The second-order valence-electron chi connectivity index (χ2n) is 5.75. The van der Waals surface area contributed by atoms with Gasteiger partial charge in [-0.3, -0.25) is 9.59 Å². The van der Waals surface area contributed by atoms with Crippen LogP contribution in [0.3, 0.4) is 0 Å². The fourth-order valence-corrected chi connectivity index (χ4v) is 2.30. The molecule has 0 saturated heterocycles. The van der Waals surface area contributed by atoms with E-state index >= 15 is 0 Å². The van der Waals surface area contributed by atoms with Crippen LogP contribution in [0, 0.1) is 23.3 Å². The third-order valence-electron chi connectivity index (χ3n) is 3.77. The molecular weight excluding hydrogens is 382 g/mol. The van der Waals surface area contributed by atoms with Gasteiger partial charge in [-0.15, -0.1) is 0 Å². The average Bonchev–Trinajstić information content (AvgIpc) is 2.67. The van der Waals surface area contributed by atoms with Crippen molar-refractivity contribution in [2.45, 2.75) is 13.0 Å². The average molecular weight is 399 g/mol. The molecule has 0 radical (unpaired) electrons. The molecule has 0 unspecified atom stereocenters. The molecule has 0 fully saturated rings. The molecule has 0 bridgehead atoms. The zero-order valence-electron chi connectivity index (χ0n) is 14.9. The maximum atomic E-state index is 13.6. The maximum absolute atomic E-state index is 13.6. The van der Waals surface area contributed by atoms with E-state index in [-0.39, 0.29) is 25.1 Å². The molecule has 2 aromatic rings. The summed E-state index contributed by atoms with van der Waals surface area (Å²) in [5.74, 6) is -5.42. The highest BCUT2D eigenvalue weighted by Crippen LogP contribution is 2.18. The van der Waals surface area contributed by atoms with Gasteiger partial charge in [-0.1, -0.05) is 6.07 Å². The molecule has 0 aliphatic carbocycles. The molecule has 150 valence electrons. The Labute approximate surface area is 158 Å². The van der Waals surface area contributed by atoms with E-state index in [9.17, 15) is 27.2 Å². The van der Waals surface area contributed by atoms with E-state index in [1.807, 2.05) is 0 Å². The topological polar surface area (TPSA) is 55.8 Å². The van der Waals surface area contributed by atoms with Crippen molar-refractivity contribution >= 4 is 11.9 Å². The molecule has 5 nitrogen and oxygen atoms in total. The van der Waals surface area contributed by atoms with E-state index < -0.39 is 47.5 Å². The summed E-state index contributed by atoms with van der Waals surface area (Å²) >= 11 is 0. The SMILES string of the molecule is COC(=O)CCN(Cc1ccc(F)c(F)c1)C(=O)COc1cc(F)ccc1F. The van der Waals surface area contributed by atoms with Gasteiger partial charge in [0.1, 0.15) is 5.82 Å². The molecule has 9 heteroatoms. The summed E-state index contributed by atoms with van der Waals surface area (Å²) < 4.78 is 62.8. The van der Waals surface area contributed by atoms with Crippen LogP contribution in [0.5, 0.6) is 5.75 Å². The molecule has 0 aromatic heterocycles. The number of amides is 1. The van der Waals surface area contributed by atoms with Gasteiger partial charge in [0.15, 0.2) is 29.8 Å². The Kier molecular flexibility index (Phi) is 7.36. The van der Waals surface area contributed by atoms with Gasteiger partial charge < -0.3 is 14.4 Å². The lowest BCUT2D eigenvalue weighted by molar-refractivity contribution is -0.142. The van der Waals surface area contributed by atoms with Gasteiger partial charge in [0.25, 0.3) is 5.91 Å². The molecule has 0 atom stereocenters. The number of hydrogen-bond acceptors (Lipinski definition) is 4. The standard InChI is InChI=1S/C19H17F4NO4/c1-27-19(26)6-7-24(10-12-2-4-14(21)16(23)8-12)18(25)11-28-17-9-13(20)3-5-15(17)22/h2-5,8-9H,6-7,10-11H2,1H3. The molecule has 2 aromatic carbocycles. The molecule has 0 aliphatic heterocycles. The van der Waals surface area contributed by atoms with Gasteiger partial charge in [0.05, 0.1) is 13.5 Å². The van der Waals surface area contributed by atoms with Crippen molar-refractivity contribution in [1.29, 1.82) is 0 Å². The van der Waals surface area contributed by atoms with Crippen LogP contribution in [-0.4, -0.2) is 37.0 Å². The Morgan fingerprint density at radius 1 is 0.964 bits per heavy atom. The second-order valence-corrected chi connectivity index (χ2v) is 5.75. The van der Waals surface area contributed by atoms with E-state index in [4.69, 9.17) is 4.74 Å². The summed E-state index contributed by atoms with van der Waals surface area (Å²) in [6, 6.07) is 5.65. The first-order valence-electron chi connectivity index (χ1n) is 8.16. The number of ether oxygens (including phenoxy) is 2. The first kappa shape index (κ1) is 21.2. The molecule has 0 saturated carbocycles. The van der Waals surface area contributed by atoms with E-state index in [0.29, 0.717) is 0 Å². The third-order valence-corrected chi connectivity index (χ3v) is 3.77. The summed E-state index contributed by atoms with van der Waals surface area (Å²) in [7, 11) is 1.18. The molecule has 1 amide bonds. The van der Waals surface area contributed by atoms with Crippen molar-refractivity contribution < 1.29 is 36.6 Å². The Morgan fingerprint density at radius 2 is 1.68 bits per heavy atom. The van der Waals surface area contributed by atoms with Crippen LogP contribution in [0.1, 0.15) is 12.0 Å². The Morgan fingerprint density at radius 3 is 2.36 bits per heavy atom. The number of benzene rings is 2. The van der Waals surface area contributed by atoms with Gasteiger partial charge in [0, 0.05) is 19.2 Å². The van der Waals surface area contributed by atoms with Crippen molar-refractivity contribution in [2.75, 3.05) is 20.3 Å². The first-order chi connectivity index (χ1) is 13.3. The smallest absolute Gasteiger partial charge is 0.307 e. The quantitative estimate of drug-likeness (QED) is 0.505. The van der Waals surface area contributed by atoms with E-state index in [1.54, 1.807) is 0 Å². The van der Waals surface area contributed by atoms with E-state index in [1.165, 1.54) is 13.2 Å². The monoisotopic (exact) mass is 399 g/mol. The summed E-state index contributed by atoms with van der Waals surface area (Å²) in [6.07, 6.45) is -0.153. The van der Waals surface area contributed by atoms with E-state index in [2.05, 4.69) is 4.74 Å². The molecule has 2 rings (SSSR count). The minimum atomic E-state index is -1.09. The van der Waals surface area contributed by atoms with Crippen LogP contribution >= 0.6 is 0 Å². The maximum Gasteiger partial charge on any atom is 0.307 e. The van der Waals surface area contributed by atoms with Crippen LogP contribution in [0.2, 0.25) is 0 Å². The molecule has 0 aliphatic rings. The lowest BCUT2D eigenvalue weighted by Gasteiger charge is -2.22.